The predicted octanol–water partition coefficient (Wildman–Crippen LogP) is 4.08. The van der Waals surface area contributed by atoms with Crippen LogP contribution < -0.4 is 14.8 Å². The van der Waals surface area contributed by atoms with E-state index in [1.165, 1.54) is 0 Å². The number of amides is 1. The number of hydrogen-bond donors (Lipinski definition) is 1. The van der Waals surface area contributed by atoms with E-state index in [4.69, 9.17) is 32.7 Å². The van der Waals surface area contributed by atoms with Gasteiger partial charge in [0, 0.05) is 12.1 Å². The Hall–Kier alpha value is -1.95. The standard InChI is InChI=1S/C18H20Cl2N2O3/c1-22(10-12-6-4-9-15(24-2)18(12)25-3)11-16(23)21-17-13(19)7-5-8-14(17)20/h4-9H,10-11H2,1-3H3,(H,21,23). The maximum absolute atomic E-state index is 12.3. The Kier molecular flexibility index (Phi) is 6.93. The van der Waals surface area contributed by atoms with Crippen molar-refractivity contribution < 1.29 is 14.3 Å². The molecule has 2 rings (SSSR count). The highest BCUT2D eigenvalue weighted by atomic mass is 35.5. The molecule has 0 unspecified atom stereocenters. The lowest BCUT2D eigenvalue weighted by Crippen LogP contribution is -2.30. The SMILES string of the molecule is COc1cccc(CN(C)CC(=O)Nc2c(Cl)cccc2Cl)c1OC. The molecule has 1 amide bonds. The van der Waals surface area contributed by atoms with Crippen LogP contribution in [0.4, 0.5) is 5.69 Å². The number of methoxy groups -OCH3 is 2. The molecule has 0 heterocycles. The summed E-state index contributed by atoms with van der Waals surface area (Å²) in [6.07, 6.45) is 0. The number of hydrogen-bond acceptors (Lipinski definition) is 4. The van der Waals surface area contributed by atoms with E-state index in [1.54, 1.807) is 32.4 Å². The van der Waals surface area contributed by atoms with Crippen molar-refractivity contribution in [2.75, 3.05) is 33.1 Å². The molecule has 134 valence electrons. The fourth-order valence-electron chi connectivity index (χ4n) is 2.47. The molecule has 0 fully saturated rings. The average Bonchev–Trinajstić information content (AvgIpc) is 2.57. The smallest absolute Gasteiger partial charge is 0.238 e. The van der Waals surface area contributed by atoms with Crippen molar-refractivity contribution in [1.29, 1.82) is 0 Å². The number of nitrogens with one attached hydrogen (secondary N) is 1. The number of carbonyl (C=O) groups is 1. The van der Waals surface area contributed by atoms with Crippen molar-refractivity contribution in [3.05, 3.63) is 52.0 Å². The lowest BCUT2D eigenvalue weighted by atomic mass is 10.1. The molecule has 0 radical (unpaired) electrons. The van der Waals surface area contributed by atoms with E-state index in [0.29, 0.717) is 33.8 Å². The Morgan fingerprint density at radius 3 is 2.32 bits per heavy atom. The second-order valence-corrected chi connectivity index (χ2v) is 6.28. The third-order valence-corrected chi connectivity index (χ3v) is 4.20. The number of para-hydroxylation sites is 2. The molecule has 7 heteroatoms. The first kappa shape index (κ1) is 19.4. The van der Waals surface area contributed by atoms with Gasteiger partial charge in [0.1, 0.15) is 0 Å². The fourth-order valence-corrected chi connectivity index (χ4v) is 2.96. The summed E-state index contributed by atoms with van der Waals surface area (Å²) in [5.74, 6) is 1.10. The van der Waals surface area contributed by atoms with Gasteiger partial charge in [-0.2, -0.15) is 0 Å². The van der Waals surface area contributed by atoms with Gasteiger partial charge in [0.05, 0.1) is 36.5 Å². The molecule has 0 aliphatic heterocycles. The summed E-state index contributed by atoms with van der Waals surface area (Å²) in [5, 5.41) is 3.55. The molecular formula is C18H20Cl2N2O3. The summed E-state index contributed by atoms with van der Waals surface area (Å²) in [4.78, 5) is 14.1. The first-order valence-electron chi connectivity index (χ1n) is 7.58. The van der Waals surface area contributed by atoms with Crippen molar-refractivity contribution in [3.63, 3.8) is 0 Å². The minimum Gasteiger partial charge on any atom is -0.493 e. The number of likely N-dealkylation sites (N-methyl/N-ethyl adjacent to an activating group) is 1. The molecule has 5 nitrogen and oxygen atoms in total. The summed E-state index contributed by atoms with van der Waals surface area (Å²) in [6, 6.07) is 10.7. The Balaban J connectivity index is 2.03. The molecule has 2 aromatic carbocycles. The molecule has 0 saturated heterocycles. The zero-order valence-corrected chi connectivity index (χ0v) is 15.8. The summed E-state index contributed by atoms with van der Waals surface area (Å²) >= 11 is 12.1. The molecule has 0 aliphatic carbocycles. The van der Waals surface area contributed by atoms with Crippen LogP contribution in [0, 0.1) is 0 Å². The third-order valence-electron chi connectivity index (χ3n) is 3.57. The molecule has 25 heavy (non-hydrogen) atoms. The van der Waals surface area contributed by atoms with Crippen LogP contribution in [0.3, 0.4) is 0 Å². The second-order valence-electron chi connectivity index (χ2n) is 5.47. The van der Waals surface area contributed by atoms with E-state index >= 15 is 0 Å². The minimum absolute atomic E-state index is 0.169. The normalized spacial score (nSPS) is 10.6. The van der Waals surface area contributed by atoms with E-state index in [-0.39, 0.29) is 12.5 Å². The highest BCUT2D eigenvalue weighted by Crippen LogP contribution is 2.32. The summed E-state index contributed by atoms with van der Waals surface area (Å²) in [6.45, 7) is 0.686. The monoisotopic (exact) mass is 382 g/mol. The van der Waals surface area contributed by atoms with Crippen LogP contribution in [0.2, 0.25) is 10.0 Å². The molecular weight excluding hydrogens is 363 g/mol. The van der Waals surface area contributed by atoms with Crippen molar-refractivity contribution in [2.45, 2.75) is 6.54 Å². The topological polar surface area (TPSA) is 50.8 Å². The van der Waals surface area contributed by atoms with E-state index in [0.717, 1.165) is 5.56 Å². The van der Waals surface area contributed by atoms with Crippen molar-refractivity contribution in [1.82, 2.24) is 4.90 Å². The summed E-state index contributed by atoms with van der Waals surface area (Å²) < 4.78 is 10.7. The lowest BCUT2D eigenvalue weighted by Gasteiger charge is -2.19. The Morgan fingerprint density at radius 2 is 1.72 bits per heavy atom. The van der Waals surface area contributed by atoms with Crippen LogP contribution in [0.5, 0.6) is 11.5 Å². The summed E-state index contributed by atoms with van der Waals surface area (Å²) in [5.41, 5.74) is 1.34. The van der Waals surface area contributed by atoms with E-state index in [1.807, 2.05) is 30.1 Å². The van der Waals surface area contributed by atoms with Crippen LogP contribution in [-0.4, -0.2) is 38.6 Å². The quantitative estimate of drug-likeness (QED) is 0.783. The number of benzene rings is 2. The zero-order chi connectivity index (χ0) is 18.4. The number of ether oxygens (including phenoxy) is 2. The highest BCUT2D eigenvalue weighted by Gasteiger charge is 2.15. The van der Waals surface area contributed by atoms with Gasteiger partial charge >= 0.3 is 0 Å². The largest absolute Gasteiger partial charge is 0.493 e. The second kappa shape index (κ2) is 8.94. The van der Waals surface area contributed by atoms with Gasteiger partial charge in [0.25, 0.3) is 0 Å². The molecule has 2 aromatic rings. The van der Waals surface area contributed by atoms with Gasteiger partial charge in [-0.25, -0.2) is 0 Å². The van der Waals surface area contributed by atoms with E-state index in [9.17, 15) is 4.79 Å². The number of anilines is 1. The van der Waals surface area contributed by atoms with Crippen LogP contribution in [-0.2, 0) is 11.3 Å². The van der Waals surface area contributed by atoms with Gasteiger partial charge in [0.2, 0.25) is 5.91 Å². The average molecular weight is 383 g/mol. The maximum Gasteiger partial charge on any atom is 0.238 e. The zero-order valence-electron chi connectivity index (χ0n) is 14.3. The Bertz CT molecular complexity index is 733. The number of nitrogens with zero attached hydrogens (tertiary/aromatic N) is 1. The van der Waals surface area contributed by atoms with Gasteiger partial charge in [-0.05, 0) is 25.2 Å². The lowest BCUT2D eigenvalue weighted by molar-refractivity contribution is -0.117. The maximum atomic E-state index is 12.3. The van der Waals surface area contributed by atoms with Crippen molar-refractivity contribution in [2.24, 2.45) is 0 Å². The highest BCUT2D eigenvalue weighted by molar-refractivity contribution is 6.39. The van der Waals surface area contributed by atoms with Crippen LogP contribution in [0.1, 0.15) is 5.56 Å². The molecule has 0 atom stereocenters. The fraction of sp³-hybridized carbons (Fsp3) is 0.278. The minimum atomic E-state index is -0.209. The van der Waals surface area contributed by atoms with Crippen molar-refractivity contribution in [3.8, 4) is 11.5 Å². The van der Waals surface area contributed by atoms with Crippen LogP contribution >= 0.6 is 23.2 Å². The van der Waals surface area contributed by atoms with E-state index in [2.05, 4.69) is 5.32 Å². The Morgan fingerprint density at radius 1 is 1.08 bits per heavy atom. The molecule has 0 saturated carbocycles. The van der Waals surface area contributed by atoms with Gasteiger partial charge in [-0.15, -0.1) is 0 Å². The molecule has 0 aliphatic rings. The van der Waals surface area contributed by atoms with Crippen LogP contribution in [0.25, 0.3) is 0 Å². The predicted molar refractivity (Wildman–Crippen MR) is 101 cm³/mol. The number of carbonyl (C=O) groups excluding carboxylic acids is 1. The molecule has 0 spiro atoms. The third kappa shape index (κ3) is 5.01. The molecule has 0 bridgehead atoms. The van der Waals surface area contributed by atoms with Gasteiger partial charge in [0.15, 0.2) is 11.5 Å². The molecule has 0 aromatic heterocycles. The van der Waals surface area contributed by atoms with Crippen molar-refractivity contribution >= 4 is 34.8 Å². The van der Waals surface area contributed by atoms with E-state index < -0.39 is 0 Å². The van der Waals surface area contributed by atoms with Gasteiger partial charge in [-0.1, -0.05) is 41.4 Å². The van der Waals surface area contributed by atoms with Gasteiger partial charge < -0.3 is 14.8 Å². The number of halogens is 2. The summed E-state index contributed by atoms with van der Waals surface area (Å²) in [7, 11) is 5.02. The first-order chi connectivity index (χ1) is 12.0. The van der Waals surface area contributed by atoms with Gasteiger partial charge in [-0.3, -0.25) is 9.69 Å². The molecule has 1 N–H and O–H groups in total. The Labute approximate surface area is 157 Å². The first-order valence-corrected chi connectivity index (χ1v) is 8.34. The van der Waals surface area contributed by atoms with Crippen LogP contribution in [0.15, 0.2) is 36.4 Å². The number of rotatable bonds is 7.